The van der Waals surface area contributed by atoms with Gasteiger partial charge in [0.15, 0.2) is 0 Å². The van der Waals surface area contributed by atoms with E-state index in [0.717, 1.165) is 11.1 Å². The summed E-state index contributed by atoms with van der Waals surface area (Å²) in [7, 11) is 0. The molecule has 0 radical (unpaired) electrons. The number of rotatable bonds is 8. The first-order valence-corrected chi connectivity index (χ1v) is 11.1. The first-order valence-electron chi connectivity index (χ1n) is 11.1. The number of ether oxygens (including phenoxy) is 3. The number of alkyl carbamates (subject to hydrolysis) is 1. The molecule has 9 heteroatoms. The number of carbonyl (C=O) groups is 3. The van der Waals surface area contributed by atoms with E-state index in [9.17, 15) is 14.4 Å². The maximum absolute atomic E-state index is 12.8. The highest BCUT2D eigenvalue weighted by Gasteiger charge is 2.27. The lowest BCUT2D eigenvalue weighted by Crippen LogP contribution is -2.45. The van der Waals surface area contributed by atoms with E-state index < -0.39 is 29.8 Å². The molecule has 0 fully saturated rings. The zero-order valence-corrected chi connectivity index (χ0v) is 20.0. The molecule has 2 aromatic carbocycles. The van der Waals surface area contributed by atoms with Gasteiger partial charge in [0.05, 0.1) is 5.69 Å². The van der Waals surface area contributed by atoms with E-state index >= 15 is 0 Å². The molecular formula is C26H29N3O6. The van der Waals surface area contributed by atoms with Crippen molar-refractivity contribution in [2.45, 2.75) is 52.0 Å². The highest BCUT2D eigenvalue weighted by Crippen LogP contribution is 2.11. The summed E-state index contributed by atoms with van der Waals surface area (Å²) in [5.41, 5.74) is 1.30. The van der Waals surface area contributed by atoms with E-state index in [0.29, 0.717) is 5.69 Å². The summed E-state index contributed by atoms with van der Waals surface area (Å²) in [6.45, 7) is 5.32. The largest absolute Gasteiger partial charge is 0.459 e. The van der Waals surface area contributed by atoms with Crippen LogP contribution in [0.15, 0.2) is 73.2 Å². The Morgan fingerprint density at radius 2 is 1.49 bits per heavy atom. The predicted molar refractivity (Wildman–Crippen MR) is 127 cm³/mol. The zero-order valence-electron chi connectivity index (χ0n) is 20.0. The molecule has 9 nitrogen and oxygen atoms in total. The van der Waals surface area contributed by atoms with Gasteiger partial charge in [-0.2, -0.15) is 0 Å². The number of imidazole rings is 1. The summed E-state index contributed by atoms with van der Waals surface area (Å²) in [5, 5.41) is 2.54. The lowest BCUT2D eigenvalue weighted by Gasteiger charge is -2.22. The number of nitrogens with one attached hydrogen (secondary N) is 1. The summed E-state index contributed by atoms with van der Waals surface area (Å²) >= 11 is 0. The quantitative estimate of drug-likeness (QED) is 0.380. The van der Waals surface area contributed by atoms with Crippen LogP contribution in [0.3, 0.4) is 0 Å². The molecule has 0 bridgehead atoms. The average Bonchev–Trinajstić information content (AvgIpc) is 3.29. The third-order valence-electron chi connectivity index (χ3n) is 4.66. The molecule has 1 aromatic heterocycles. The van der Waals surface area contributed by atoms with Gasteiger partial charge in [-0.1, -0.05) is 60.7 Å². The summed E-state index contributed by atoms with van der Waals surface area (Å²) < 4.78 is 17.1. The Balaban J connectivity index is 1.64. The number of carbonyl (C=O) groups excluding carboxylic acids is 3. The van der Waals surface area contributed by atoms with Crippen LogP contribution < -0.4 is 5.32 Å². The fourth-order valence-electron chi connectivity index (χ4n) is 3.04. The number of hydrogen-bond acceptors (Lipinski definition) is 7. The maximum Gasteiger partial charge on any atom is 0.419 e. The lowest BCUT2D eigenvalue weighted by atomic mass is 10.1. The van der Waals surface area contributed by atoms with Gasteiger partial charge < -0.3 is 19.5 Å². The topological polar surface area (TPSA) is 109 Å². The van der Waals surface area contributed by atoms with E-state index in [-0.39, 0.29) is 19.6 Å². The molecule has 0 saturated heterocycles. The monoisotopic (exact) mass is 479 g/mol. The summed E-state index contributed by atoms with van der Waals surface area (Å²) in [6.07, 6.45) is 1.35. The SMILES string of the molecule is CC(C)(C)OC(=O)N[C@@H](Cc1cn(C(=O)OCc2ccccc2)cn1)C(=O)OCc1ccccc1. The number of amides is 1. The molecule has 3 rings (SSSR count). The van der Waals surface area contributed by atoms with E-state index in [2.05, 4.69) is 10.3 Å². The maximum atomic E-state index is 12.8. The molecule has 0 aliphatic carbocycles. The van der Waals surface area contributed by atoms with Crippen LogP contribution in [0.5, 0.6) is 0 Å². The van der Waals surface area contributed by atoms with Crippen LogP contribution in [0.2, 0.25) is 0 Å². The van der Waals surface area contributed by atoms with Crippen molar-refractivity contribution in [2.24, 2.45) is 0 Å². The molecule has 35 heavy (non-hydrogen) atoms. The Labute approximate surface area is 204 Å². The van der Waals surface area contributed by atoms with Crippen LogP contribution >= 0.6 is 0 Å². The summed E-state index contributed by atoms with van der Waals surface area (Å²) in [4.78, 5) is 41.7. The van der Waals surface area contributed by atoms with Crippen LogP contribution in [0.25, 0.3) is 0 Å². The van der Waals surface area contributed by atoms with Gasteiger partial charge in [0.25, 0.3) is 0 Å². The average molecular weight is 480 g/mol. The van der Waals surface area contributed by atoms with Crippen molar-refractivity contribution in [2.75, 3.05) is 0 Å². The van der Waals surface area contributed by atoms with Gasteiger partial charge >= 0.3 is 18.2 Å². The minimum Gasteiger partial charge on any atom is -0.459 e. The van der Waals surface area contributed by atoms with Crippen molar-refractivity contribution in [3.63, 3.8) is 0 Å². The Morgan fingerprint density at radius 1 is 0.914 bits per heavy atom. The Bertz CT molecular complexity index is 1120. The van der Waals surface area contributed by atoms with Gasteiger partial charge in [-0.25, -0.2) is 23.9 Å². The van der Waals surface area contributed by atoms with Crippen molar-refractivity contribution >= 4 is 18.2 Å². The van der Waals surface area contributed by atoms with E-state index in [4.69, 9.17) is 14.2 Å². The van der Waals surface area contributed by atoms with Crippen molar-refractivity contribution in [3.8, 4) is 0 Å². The number of benzene rings is 2. The number of hydrogen-bond donors (Lipinski definition) is 1. The molecule has 1 amide bonds. The Hall–Kier alpha value is -4.14. The summed E-state index contributed by atoms with van der Waals surface area (Å²) in [5.74, 6) is -0.652. The van der Waals surface area contributed by atoms with Crippen LogP contribution in [0, 0.1) is 0 Å². The minimum absolute atomic E-state index is 0.00810. The van der Waals surface area contributed by atoms with Crippen LogP contribution in [-0.4, -0.2) is 39.3 Å². The molecule has 184 valence electrons. The number of nitrogens with zero attached hydrogens (tertiary/aromatic N) is 2. The van der Waals surface area contributed by atoms with Crippen molar-refractivity contribution in [3.05, 3.63) is 90.0 Å². The van der Waals surface area contributed by atoms with Crippen molar-refractivity contribution < 1.29 is 28.6 Å². The molecule has 3 aromatic rings. The van der Waals surface area contributed by atoms with E-state index in [1.54, 1.807) is 20.8 Å². The smallest absolute Gasteiger partial charge is 0.419 e. The number of aromatic nitrogens is 2. The Kier molecular flexibility index (Phi) is 8.61. The van der Waals surface area contributed by atoms with Crippen molar-refractivity contribution in [1.82, 2.24) is 14.9 Å². The second kappa shape index (κ2) is 11.8. The third kappa shape index (κ3) is 8.62. The van der Waals surface area contributed by atoms with Gasteiger partial charge in [0.1, 0.15) is 31.2 Å². The molecule has 1 atom stereocenters. The highest BCUT2D eigenvalue weighted by atomic mass is 16.6. The molecule has 0 unspecified atom stereocenters. The predicted octanol–water partition coefficient (Wildman–Crippen LogP) is 4.25. The fraction of sp³-hybridized carbons (Fsp3) is 0.308. The second-order valence-electron chi connectivity index (χ2n) is 8.81. The Morgan fingerprint density at radius 3 is 2.06 bits per heavy atom. The standard InChI is InChI=1S/C26H29N3O6/c1-26(2,3)35-24(31)28-22(23(30)33-16-19-10-6-4-7-11-19)14-21-15-29(18-27-21)25(32)34-17-20-12-8-5-9-13-20/h4-13,15,18,22H,14,16-17H2,1-3H3,(H,28,31)/t22-/m0/s1. The van der Waals surface area contributed by atoms with Crippen molar-refractivity contribution in [1.29, 1.82) is 0 Å². The fourth-order valence-corrected chi connectivity index (χ4v) is 3.04. The summed E-state index contributed by atoms with van der Waals surface area (Å²) in [6, 6.07) is 17.4. The van der Waals surface area contributed by atoms with Crippen LogP contribution in [0.4, 0.5) is 9.59 Å². The zero-order chi connectivity index (χ0) is 25.3. The molecule has 0 aliphatic rings. The van der Waals surface area contributed by atoms with E-state index in [1.165, 1.54) is 17.1 Å². The molecule has 0 spiro atoms. The number of esters is 1. The van der Waals surface area contributed by atoms with Gasteiger partial charge in [-0.05, 0) is 31.9 Å². The molecule has 1 N–H and O–H groups in total. The minimum atomic E-state index is -1.07. The van der Waals surface area contributed by atoms with Crippen LogP contribution in [0.1, 0.15) is 37.6 Å². The molecule has 0 saturated carbocycles. The highest BCUT2D eigenvalue weighted by molar-refractivity contribution is 5.81. The molecule has 0 aliphatic heterocycles. The van der Waals surface area contributed by atoms with Gasteiger partial charge in [0.2, 0.25) is 0 Å². The van der Waals surface area contributed by atoms with Crippen LogP contribution in [-0.2, 0) is 38.6 Å². The first-order chi connectivity index (χ1) is 16.7. The van der Waals surface area contributed by atoms with E-state index in [1.807, 2.05) is 60.7 Å². The van der Waals surface area contributed by atoms with Gasteiger partial charge in [-0.3, -0.25) is 0 Å². The van der Waals surface area contributed by atoms with Gasteiger partial charge in [0, 0.05) is 12.6 Å². The molecular weight excluding hydrogens is 450 g/mol. The third-order valence-corrected chi connectivity index (χ3v) is 4.66. The lowest BCUT2D eigenvalue weighted by molar-refractivity contribution is -0.147. The second-order valence-corrected chi connectivity index (χ2v) is 8.81. The van der Waals surface area contributed by atoms with Gasteiger partial charge in [-0.15, -0.1) is 0 Å². The normalized spacial score (nSPS) is 11.9. The molecule has 1 heterocycles. The first kappa shape index (κ1) is 25.5.